The van der Waals surface area contributed by atoms with Crippen molar-refractivity contribution in [1.82, 2.24) is 4.57 Å². The molecule has 152 valence electrons. The Kier molecular flexibility index (Phi) is 4.00. The molecule has 0 spiro atoms. The smallest absolute Gasteiger partial charge is 0.226 e. The molecule has 2 heterocycles. The minimum atomic E-state index is 0.346. The third-order valence-electron chi connectivity index (χ3n) is 6.51. The van der Waals surface area contributed by atoms with Gasteiger partial charge in [0.25, 0.3) is 5.82 Å². The first-order valence-electron chi connectivity index (χ1n) is 10.9. The Balaban J connectivity index is 1.77. The van der Waals surface area contributed by atoms with Gasteiger partial charge in [0.1, 0.15) is 0 Å². The van der Waals surface area contributed by atoms with Gasteiger partial charge in [0.15, 0.2) is 11.0 Å². The Morgan fingerprint density at radius 2 is 1.55 bits per heavy atom. The van der Waals surface area contributed by atoms with E-state index in [1.165, 1.54) is 58.9 Å². The molecule has 0 saturated carbocycles. The van der Waals surface area contributed by atoms with Crippen molar-refractivity contribution in [3.63, 3.8) is 0 Å². The van der Waals surface area contributed by atoms with Crippen LogP contribution in [-0.2, 0) is 7.05 Å². The molecule has 0 aliphatic carbocycles. The van der Waals surface area contributed by atoms with Gasteiger partial charge in [-0.25, -0.2) is 9.13 Å². The average molecular weight is 422 g/mol. The van der Waals surface area contributed by atoms with Crippen molar-refractivity contribution in [2.24, 2.45) is 7.05 Å². The largest absolute Gasteiger partial charge is 0.290 e. The Morgan fingerprint density at radius 1 is 0.806 bits per heavy atom. The van der Waals surface area contributed by atoms with Gasteiger partial charge < -0.3 is 0 Å². The van der Waals surface area contributed by atoms with Gasteiger partial charge in [0.05, 0.1) is 18.7 Å². The van der Waals surface area contributed by atoms with Crippen LogP contribution in [-0.4, -0.2) is 4.57 Å². The number of aromatic nitrogens is 2. The molecular formula is C28H25N2S+. The van der Waals surface area contributed by atoms with Crippen LogP contribution in [0.15, 0.2) is 72.8 Å². The first-order chi connectivity index (χ1) is 15.0. The van der Waals surface area contributed by atoms with Gasteiger partial charge in [0.2, 0.25) is 0 Å². The molecule has 0 fully saturated rings. The number of rotatable bonds is 2. The lowest BCUT2D eigenvalue weighted by Crippen LogP contribution is -2.38. The van der Waals surface area contributed by atoms with Crippen LogP contribution in [0.25, 0.3) is 53.4 Å². The Bertz CT molecular complexity index is 1630. The highest BCUT2D eigenvalue weighted by molar-refractivity contribution is 7.25. The molecule has 6 aromatic rings. The maximum Gasteiger partial charge on any atom is 0.290 e. The minimum absolute atomic E-state index is 0.346. The lowest BCUT2D eigenvalue weighted by Gasteiger charge is -2.10. The molecule has 0 amide bonds. The van der Waals surface area contributed by atoms with Crippen molar-refractivity contribution in [3.8, 4) is 11.4 Å². The summed E-state index contributed by atoms with van der Waals surface area (Å²) in [4.78, 5) is 0. The third-order valence-corrected chi connectivity index (χ3v) is 7.64. The quantitative estimate of drug-likeness (QED) is 0.255. The average Bonchev–Trinajstić information content (AvgIpc) is 3.28. The lowest BCUT2D eigenvalue weighted by atomic mass is 10.0. The molecule has 4 aromatic carbocycles. The van der Waals surface area contributed by atoms with Crippen molar-refractivity contribution in [1.29, 1.82) is 0 Å². The number of nitrogens with zero attached hydrogens (tertiary/aromatic N) is 2. The molecule has 0 N–H and O–H groups in total. The predicted octanol–water partition coefficient (Wildman–Crippen LogP) is 7.54. The minimum Gasteiger partial charge on any atom is -0.226 e. The predicted molar refractivity (Wildman–Crippen MR) is 134 cm³/mol. The maximum atomic E-state index is 2.53. The second-order valence-electron chi connectivity index (χ2n) is 8.76. The second kappa shape index (κ2) is 6.66. The number of hydrogen-bond donors (Lipinski definition) is 0. The van der Waals surface area contributed by atoms with E-state index in [4.69, 9.17) is 0 Å². The van der Waals surface area contributed by atoms with E-state index in [9.17, 15) is 0 Å². The molecule has 3 heteroatoms. The molecule has 0 atom stereocenters. The normalized spacial score (nSPS) is 12.2. The van der Waals surface area contributed by atoms with E-state index in [1.807, 2.05) is 11.3 Å². The SMILES string of the molecule is Cc1cc2sc3ccccc3c2cc1-c1n(C)c2ccc3ccccc3c2[n+]1C(C)C. The number of hydrogen-bond acceptors (Lipinski definition) is 1. The second-order valence-corrected chi connectivity index (χ2v) is 9.85. The molecule has 6 rings (SSSR count). The summed E-state index contributed by atoms with van der Waals surface area (Å²) in [6.45, 7) is 6.83. The van der Waals surface area contributed by atoms with E-state index in [2.05, 4.69) is 110 Å². The van der Waals surface area contributed by atoms with Crippen LogP contribution in [0.4, 0.5) is 0 Å². The Morgan fingerprint density at radius 3 is 2.35 bits per heavy atom. The summed E-state index contributed by atoms with van der Waals surface area (Å²) < 4.78 is 7.63. The fourth-order valence-corrected chi connectivity index (χ4v) is 6.26. The van der Waals surface area contributed by atoms with E-state index >= 15 is 0 Å². The molecule has 0 bridgehead atoms. The van der Waals surface area contributed by atoms with Crippen LogP contribution in [0.2, 0.25) is 0 Å². The Labute approximate surface area is 186 Å². The molecule has 0 unspecified atom stereocenters. The summed E-state index contributed by atoms with van der Waals surface area (Å²) >= 11 is 1.89. The van der Waals surface area contributed by atoms with Crippen LogP contribution in [0.5, 0.6) is 0 Å². The van der Waals surface area contributed by atoms with Gasteiger partial charge in [0, 0.05) is 25.6 Å². The molecule has 0 aliphatic rings. The van der Waals surface area contributed by atoms with Gasteiger partial charge >= 0.3 is 0 Å². The van der Waals surface area contributed by atoms with Gasteiger partial charge in [-0.05, 0) is 68.1 Å². The molecule has 31 heavy (non-hydrogen) atoms. The van der Waals surface area contributed by atoms with Gasteiger partial charge in [-0.2, -0.15) is 0 Å². The summed E-state index contributed by atoms with van der Waals surface area (Å²) in [7, 11) is 2.21. The van der Waals surface area contributed by atoms with E-state index in [0.717, 1.165) is 0 Å². The van der Waals surface area contributed by atoms with Crippen molar-refractivity contribution in [3.05, 3.63) is 78.4 Å². The highest BCUT2D eigenvalue weighted by atomic mass is 32.1. The molecule has 0 aliphatic heterocycles. The zero-order valence-corrected chi connectivity index (χ0v) is 19.1. The summed E-state index contributed by atoms with van der Waals surface area (Å²) in [6, 6.07) is 27.1. The standard InChI is InChI=1S/C28H25N2S/c1-17(2)30-27-20-10-6-5-9-19(20)13-14-24(27)29(4)28(30)22-16-23-21-11-7-8-12-25(21)31-26(23)15-18(22)3/h5-17H,1-4H3/q+1. The number of fused-ring (bicyclic) bond motifs is 6. The number of benzene rings is 4. The highest BCUT2D eigenvalue weighted by Crippen LogP contribution is 2.38. The molecule has 2 nitrogen and oxygen atoms in total. The number of aryl methyl sites for hydroxylation is 2. The molecule has 0 saturated heterocycles. The van der Waals surface area contributed by atoms with Crippen LogP contribution in [0.3, 0.4) is 0 Å². The van der Waals surface area contributed by atoms with Gasteiger partial charge in [-0.3, -0.25) is 0 Å². The van der Waals surface area contributed by atoms with E-state index in [0.29, 0.717) is 6.04 Å². The van der Waals surface area contributed by atoms with Crippen LogP contribution in [0, 0.1) is 6.92 Å². The van der Waals surface area contributed by atoms with E-state index in [1.54, 1.807) is 0 Å². The zero-order valence-electron chi connectivity index (χ0n) is 18.3. The van der Waals surface area contributed by atoms with Crippen molar-refractivity contribution in [2.45, 2.75) is 26.8 Å². The van der Waals surface area contributed by atoms with Crippen molar-refractivity contribution >= 4 is 53.3 Å². The van der Waals surface area contributed by atoms with Crippen molar-refractivity contribution < 1.29 is 4.57 Å². The van der Waals surface area contributed by atoms with Crippen LogP contribution >= 0.6 is 11.3 Å². The lowest BCUT2D eigenvalue weighted by molar-refractivity contribution is -0.680. The van der Waals surface area contributed by atoms with E-state index in [-0.39, 0.29) is 0 Å². The third kappa shape index (κ3) is 2.60. The zero-order chi connectivity index (χ0) is 21.3. The summed E-state index contributed by atoms with van der Waals surface area (Å²) in [5, 5.41) is 5.31. The first-order valence-corrected chi connectivity index (χ1v) is 11.7. The summed E-state index contributed by atoms with van der Waals surface area (Å²) in [5.41, 5.74) is 5.23. The summed E-state index contributed by atoms with van der Waals surface area (Å²) in [6.07, 6.45) is 0. The van der Waals surface area contributed by atoms with Gasteiger partial charge in [-0.1, -0.05) is 36.4 Å². The van der Waals surface area contributed by atoms with Gasteiger partial charge in [-0.15, -0.1) is 11.3 Å². The summed E-state index contributed by atoms with van der Waals surface area (Å²) in [5.74, 6) is 1.27. The maximum absolute atomic E-state index is 2.53. The van der Waals surface area contributed by atoms with Crippen LogP contribution in [0.1, 0.15) is 25.5 Å². The fourth-order valence-electron chi connectivity index (χ4n) is 5.08. The number of imidazole rings is 1. The topological polar surface area (TPSA) is 8.81 Å². The molecule has 0 radical (unpaired) electrons. The monoisotopic (exact) mass is 421 g/mol. The highest BCUT2D eigenvalue weighted by Gasteiger charge is 2.29. The Hall–Kier alpha value is -3.17. The fraction of sp³-hybridized carbons (Fsp3) is 0.179. The number of thiophene rings is 1. The first kappa shape index (κ1) is 18.6. The van der Waals surface area contributed by atoms with Crippen molar-refractivity contribution in [2.75, 3.05) is 0 Å². The van der Waals surface area contributed by atoms with E-state index < -0.39 is 0 Å². The molecule has 2 aromatic heterocycles. The molecular weight excluding hydrogens is 396 g/mol. The van der Waals surface area contributed by atoms with Crippen LogP contribution < -0.4 is 4.57 Å².